The third-order valence-corrected chi connectivity index (χ3v) is 2.99. The molecule has 1 aliphatic rings. The maximum absolute atomic E-state index is 9.64. The van der Waals surface area contributed by atoms with Gasteiger partial charge in [-0.25, -0.2) is 4.98 Å². The molecule has 3 rings (SSSR count). The molecule has 1 saturated heterocycles. The molecule has 2 aromatic heterocycles. The lowest BCUT2D eigenvalue weighted by Crippen LogP contribution is -2.35. The highest BCUT2D eigenvalue weighted by Crippen LogP contribution is 2.23. The Bertz CT molecular complexity index is 619. The number of nitrogen functional groups attached to an aromatic ring is 1. The van der Waals surface area contributed by atoms with E-state index in [4.69, 9.17) is 15.2 Å². The summed E-state index contributed by atoms with van der Waals surface area (Å²) < 4.78 is 10.4. The van der Waals surface area contributed by atoms with Gasteiger partial charge < -0.3 is 35.5 Å². The number of aliphatic hydroxyl groups excluding tert-OH is 3. The number of nitrogens with two attached hydrogens (primary N) is 1. The zero-order valence-electron chi connectivity index (χ0n) is 10.2. The maximum Gasteiger partial charge on any atom is 0.245 e. The number of hydrogen-bond donors (Lipinski definition) is 5. The lowest BCUT2D eigenvalue weighted by Gasteiger charge is -2.14. The molecule has 6 N–H and O–H groups in total. The van der Waals surface area contributed by atoms with Crippen molar-refractivity contribution in [3.63, 3.8) is 0 Å². The minimum atomic E-state index is -1.44. The number of aromatic nitrogens is 4. The van der Waals surface area contributed by atoms with Gasteiger partial charge in [-0.05, 0) is 0 Å². The van der Waals surface area contributed by atoms with E-state index in [-0.39, 0.29) is 18.4 Å². The van der Waals surface area contributed by atoms with E-state index in [0.717, 1.165) is 0 Å². The fraction of sp³-hybridized carbons (Fsp3) is 0.500. The van der Waals surface area contributed by atoms with E-state index in [9.17, 15) is 15.3 Å². The van der Waals surface area contributed by atoms with Crippen molar-refractivity contribution in [1.82, 2.24) is 19.9 Å². The van der Waals surface area contributed by atoms with Crippen LogP contribution in [0.1, 0.15) is 0 Å². The summed E-state index contributed by atoms with van der Waals surface area (Å²) in [6.45, 7) is -0.125. The van der Waals surface area contributed by atoms with Gasteiger partial charge in [0.15, 0.2) is 11.9 Å². The van der Waals surface area contributed by atoms with E-state index in [0.29, 0.717) is 11.2 Å². The van der Waals surface area contributed by atoms with E-state index >= 15 is 0 Å². The fourth-order valence-electron chi connectivity index (χ4n) is 1.95. The summed E-state index contributed by atoms with van der Waals surface area (Å²) in [6.07, 6.45) is -3.52. The van der Waals surface area contributed by atoms with Crippen LogP contribution in [0.15, 0.2) is 6.33 Å². The van der Waals surface area contributed by atoms with Crippen LogP contribution in [0.2, 0.25) is 0 Å². The van der Waals surface area contributed by atoms with E-state index < -0.39 is 24.6 Å². The van der Waals surface area contributed by atoms with Gasteiger partial charge in [0.05, 0.1) is 6.33 Å². The lowest BCUT2D eigenvalue weighted by molar-refractivity contribution is -0.131. The number of fused-ring (bicyclic) bond motifs is 1. The molecule has 0 spiro atoms. The minimum absolute atomic E-state index is 0.00689. The molecular formula is C10H13N5O5. The molecule has 0 bridgehead atoms. The van der Waals surface area contributed by atoms with Crippen LogP contribution in [0.25, 0.3) is 11.2 Å². The number of aromatic amines is 1. The molecule has 2 aromatic rings. The Morgan fingerprint density at radius 2 is 2.10 bits per heavy atom. The number of hydrogen-bond acceptors (Lipinski definition) is 9. The van der Waals surface area contributed by atoms with Gasteiger partial charge in [0.1, 0.15) is 30.4 Å². The first kappa shape index (κ1) is 13.0. The van der Waals surface area contributed by atoms with E-state index in [2.05, 4.69) is 19.9 Å². The second-order valence-electron chi connectivity index (χ2n) is 4.35. The van der Waals surface area contributed by atoms with Gasteiger partial charge in [0, 0.05) is 0 Å². The first-order valence-corrected chi connectivity index (χ1v) is 5.85. The predicted octanol–water partition coefficient (Wildman–Crippen LogP) is -2.25. The van der Waals surface area contributed by atoms with Crippen LogP contribution < -0.4 is 10.5 Å². The van der Waals surface area contributed by atoms with Crippen molar-refractivity contribution in [2.75, 3.05) is 12.3 Å². The van der Waals surface area contributed by atoms with E-state index in [1.807, 2.05) is 0 Å². The normalized spacial score (nSPS) is 29.9. The summed E-state index contributed by atoms with van der Waals surface area (Å²) in [6, 6.07) is 0. The van der Waals surface area contributed by atoms with Gasteiger partial charge in [-0.15, -0.1) is 0 Å². The van der Waals surface area contributed by atoms with Crippen LogP contribution in [-0.4, -0.2) is 66.5 Å². The average molecular weight is 283 g/mol. The lowest BCUT2D eigenvalue weighted by atomic mass is 10.1. The van der Waals surface area contributed by atoms with Crippen LogP contribution in [0.4, 0.5) is 5.95 Å². The second kappa shape index (κ2) is 4.83. The van der Waals surface area contributed by atoms with Gasteiger partial charge in [0.25, 0.3) is 0 Å². The molecule has 3 unspecified atom stereocenters. The molecule has 20 heavy (non-hydrogen) atoms. The van der Waals surface area contributed by atoms with Crippen LogP contribution >= 0.6 is 0 Å². The maximum atomic E-state index is 9.64. The number of anilines is 1. The summed E-state index contributed by atoms with van der Waals surface area (Å²) in [7, 11) is 0. The number of imidazole rings is 1. The van der Waals surface area contributed by atoms with Crippen LogP contribution in [0, 0.1) is 0 Å². The van der Waals surface area contributed by atoms with Crippen molar-refractivity contribution in [3.05, 3.63) is 6.33 Å². The van der Waals surface area contributed by atoms with Crippen molar-refractivity contribution in [3.8, 4) is 5.88 Å². The summed E-state index contributed by atoms with van der Waals surface area (Å²) >= 11 is 0. The number of ether oxygens (including phenoxy) is 2. The first-order chi connectivity index (χ1) is 9.56. The zero-order chi connectivity index (χ0) is 14.3. The molecule has 1 aliphatic heterocycles. The molecule has 0 saturated carbocycles. The van der Waals surface area contributed by atoms with Crippen molar-refractivity contribution < 1.29 is 24.8 Å². The standard InChI is InChI=1S/C10H13N5O5/c11-10-14-7-4(12-2-13-7)8(15-10)19-1-3-5(16)6(17)9(18)20-3/h2-3,5-6,9,16-18H,1H2,(H3,11,12,13,14,15)/t3-,5?,6?,9?/m1/s1. The topological polar surface area (TPSA) is 160 Å². The Kier molecular flexibility index (Phi) is 3.14. The summed E-state index contributed by atoms with van der Waals surface area (Å²) in [4.78, 5) is 14.5. The molecule has 3 heterocycles. The molecular weight excluding hydrogens is 270 g/mol. The molecule has 0 amide bonds. The summed E-state index contributed by atoms with van der Waals surface area (Å²) in [5, 5.41) is 28.3. The number of rotatable bonds is 3. The molecule has 10 nitrogen and oxygen atoms in total. The fourth-order valence-corrected chi connectivity index (χ4v) is 1.95. The monoisotopic (exact) mass is 283 g/mol. The third kappa shape index (κ3) is 2.14. The molecule has 1 fully saturated rings. The quantitative estimate of drug-likeness (QED) is 0.419. The van der Waals surface area contributed by atoms with Crippen LogP contribution in [0.5, 0.6) is 5.88 Å². The van der Waals surface area contributed by atoms with Crippen LogP contribution in [0.3, 0.4) is 0 Å². The van der Waals surface area contributed by atoms with E-state index in [1.54, 1.807) is 0 Å². The van der Waals surface area contributed by atoms with Gasteiger partial charge >= 0.3 is 0 Å². The van der Waals surface area contributed by atoms with Gasteiger partial charge in [-0.1, -0.05) is 0 Å². The zero-order valence-corrected chi connectivity index (χ0v) is 10.2. The Hall–Kier alpha value is -2.01. The molecule has 108 valence electrons. The highest BCUT2D eigenvalue weighted by Gasteiger charge is 2.42. The van der Waals surface area contributed by atoms with Crippen molar-refractivity contribution >= 4 is 17.1 Å². The minimum Gasteiger partial charge on any atom is -0.473 e. The Labute approximate surface area is 112 Å². The highest BCUT2D eigenvalue weighted by atomic mass is 16.7. The van der Waals surface area contributed by atoms with Gasteiger partial charge in [-0.3, -0.25) is 0 Å². The largest absolute Gasteiger partial charge is 0.473 e. The Balaban J connectivity index is 1.76. The molecule has 4 atom stereocenters. The molecule has 0 radical (unpaired) electrons. The third-order valence-electron chi connectivity index (χ3n) is 2.99. The number of aliphatic hydroxyl groups is 3. The molecule has 10 heteroatoms. The highest BCUT2D eigenvalue weighted by molar-refractivity contribution is 5.76. The Morgan fingerprint density at radius 3 is 2.80 bits per heavy atom. The average Bonchev–Trinajstić information content (AvgIpc) is 2.97. The van der Waals surface area contributed by atoms with Gasteiger partial charge in [-0.2, -0.15) is 9.97 Å². The van der Waals surface area contributed by atoms with Crippen molar-refractivity contribution in [2.45, 2.75) is 24.6 Å². The summed E-state index contributed by atoms with van der Waals surface area (Å²) in [5.41, 5.74) is 6.32. The number of H-pyrrole nitrogens is 1. The first-order valence-electron chi connectivity index (χ1n) is 5.85. The Morgan fingerprint density at radius 1 is 1.30 bits per heavy atom. The van der Waals surface area contributed by atoms with Crippen molar-refractivity contribution in [2.24, 2.45) is 0 Å². The SMILES string of the molecule is Nc1nc(OC[C@H]2OC(O)C(O)C2O)c2[nH]cnc2n1. The molecule has 0 aliphatic carbocycles. The second-order valence-corrected chi connectivity index (χ2v) is 4.35. The van der Waals surface area contributed by atoms with Gasteiger partial charge in [0.2, 0.25) is 11.8 Å². The predicted molar refractivity (Wildman–Crippen MR) is 64.5 cm³/mol. The van der Waals surface area contributed by atoms with Crippen LogP contribution in [-0.2, 0) is 4.74 Å². The van der Waals surface area contributed by atoms with Crippen molar-refractivity contribution in [1.29, 1.82) is 0 Å². The summed E-state index contributed by atoms with van der Waals surface area (Å²) in [5.74, 6) is 0.143. The van der Waals surface area contributed by atoms with E-state index in [1.165, 1.54) is 6.33 Å². The smallest absolute Gasteiger partial charge is 0.245 e. The number of nitrogens with zero attached hydrogens (tertiary/aromatic N) is 3. The molecule has 0 aromatic carbocycles. The number of nitrogens with one attached hydrogen (secondary N) is 1.